The Bertz CT molecular complexity index is 1350. The predicted molar refractivity (Wildman–Crippen MR) is 129 cm³/mol. The average Bonchev–Trinajstić information content (AvgIpc) is 2.83. The Morgan fingerprint density at radius 1 is 1.09 bits per heavy atom. The number of nitro benzene ring substituents is 1. The van der Waals surface area contributed by atoms with E-state index in [0.717, 1.165) is 22.0 Å². The lowest BCUT2D eigenvalue weighted by molar-refractivity contribution is -0.384. The number of fused-ring (bicyclic) bond motifs is 1. The third-order valence-electron chi connectivity index (χ3n) is 4.94. The van der Waals surface area contributed by atoms with E-state index in [1.165, 1.54) is 37.1 Å². The number of non-ortho nitro benzene ring substituents is 1. The number of rotatable bonds is 7. The van der Waals surface area contributed by atoms with Gasteiger partial charge in [0.2, 0.25) is 5.91 Å². The summed E-state index contributed by atoms with van der Waals surface area (Å²) in [5, 5.41) is 15.3. The molecule has 1 heterocycles. The molecular formula is C24H20N4O4S. The minimum absolute atomic E-state index is 0.0917. The number of para-hydroxylation sites is 1. The van der Waals surface area contributed by atoms with Crippen molar-refractivity contribution >= 4 is 39.9 Å². The molecule has 1 aromatic heterocycles. The summed E-state index contributed by atoms with van der Waals surface area (Å²) in [5.41, 5.74) is 3.00. The number of ether oxygens (including phenoxy) is 1. The summed E-state index contributed by atoms with van der Waals surface area (Å²) in [4.78, 5) is 32.6. The van der Waals surface area contributed by atoms with Crippen molar-refractivity contribution in [2.45, 2.75) is 11.9 Å². The van der Waals surface area contributed by atoms with E-state index in [4.69, 9.17) is 14.7 Å². The first kappa shape index (κ1) is 22.2. The second kappa shape index (κ2) is 9.66. The molecule has 1 amide bonds. The lowest BCUT2D eigenvalue weighted by Gasteiger charge is -2.12. The Hall–Kier alpha value is -3.98. The van der Waals surface area contributed by atoms with Gasteiger partial charge in [0.1, 0.15) is 10.8 Å². The van der Waals surface area contributed by atoms with Gasteiger partial charge < -0.3 is 10.1 Å². The van der Waals surface area contributed by atoms with Gasteiger partial charge in [0, 0.05) is 17.0 Å². The van der Waals surface area contributed by atoms with Crippen molar-refractivity contribution in [3.05, 3.63) is 82.4 Å². The van der Waals surface area contributed by atoms with Crippen molar-refractivity contribution < 1.29 is 14.5 Å². The quantitative estimate of drug-likeness (QED) is 0.174. The van der Waals surface area contributed by atoms with Crippen LogP contribution in [0.5, 0.6) is 5.75 Å². The molecule has 0 radical (unpaired) electrons. The molecule has 1 N–H and O–H groups in total. The maximum absolute atomic E-state index is 12.7. The highest BCUT2D eigenvalue weighted by molar-refractivity contribution is 8.00. The van der Waals surface area contributed by atoms with Crippen LogP contribution >= 0.6 is 11.8 Å². The number of amides is 1. The summed E-state index contributed by atoms with van der Waals surface area (Å²) in [6.07, 6.45) is 0. The first-order chi connectivity index (χ1) is 16.0. The van der Waals surface area contributed by atoms with Gasteiger partial charge >= 0.3 is 0 Å². The van der Waals surface area contributed by atoms with Gasteiger partial charge in [0.05, 0.1) is 35.1 Å². The monoisotopic (exact) mass is 460 g/mol. The molecule has 166 valence electrons. The van der Waals surface area contributed by atoms with Crippen LogP contribution in [0.2, 0.25) is 0 Å². The highest BCUT2D eigenvalue weighted by Gasteiger charge is 2.16. The van der Waals surface area contributed by atoms with E-state index >= 15 is 0 Å². The first-order valence-corrected chi connectivity index (χ1v) is 11.0. The number of thioether (sulfide) groups is 1. The van der Waals surface area contributed by atoms with E-state index < -0.39 is 4.92 Å². The summed E-state index contributed by atoms with van der Waals surface area (Å²) in [7, 11) is 1.39. The molecule has 9 heteroatoms. The lowest BCUT2D eigenvalue weighted by atomic mass is 10.1. The zero-order chi connectivity index (χ0) is 23.4. The molecule has 0 aliphatic heterocycles. The largest absolute Gasteiger partial charge is 0.494 e. The maximum Gasteiger partial charge on any atom is 0.273 e. The Kier molecular flexibility index (Phi) is 6.50. The average molecular weight is 461 g/mol. The number of carbonyl (C=O) groups excluding carboxylic acids is 1. The maximum atomic E-state index is 12.7. The molecule has 0 saturated heterocycles. The van der Waals surface area contributed by atoms with Crippen LogP contribution in [0.1, 0.15) is 5.56 Å². The first-order valence-electron chi connectivity index (χ1n) is 10.0. The molecule has 0 saturated carbocycles. The van der Waals surface area contributed by atoms with Gasteiger partial charge in [0.15, 0.2) is 5.82 Å². The minimum atomic E-state index is -0.517. The minimum Gasteiger partial charge on any atom is -0.494 e. The summed E-state index contributed by atoms with van der Waals surface area (Å²) >= 11 is 1.30. The van der Waals surface area contributed by atoms with Crippen LogP contribution < -0.4 is 10.1 Å². The highest BCUT2D eigenvalue weighted by Crippen LogP contribution is 2.31. The van der Waals surface area contributed by atoms with Crippen molar-refractivity contribution in [2.24, 2.45) is 0 Å². The zero-order valence-corrected chi connectivity index (χ0v) is 18.8. The van der Waals surface area contributed by atoms with Crippen LogP contribution in [-0.2, 0) is 4.79 Å². The molecule has 4 rings (SSSR count). The fourth-order valence-corrected chi connectivity index (χ4v) is 4.12. The number of hydrogen-bond acceptors (Lipinski definition) is 7. The third-order valence-corrected chi connectivity index (χ3v) is 5.93. The number of carbonyl (C=O) groups is 1. The van der Waals surface area contributed by atoms with Gasteiger partial charge in [-0.1, -0.05) is 60.3 Å². The summed E-state index contributed by atoms with van der Waals surface area (Å²) < 4.78 is 5.19. The van der Waals surface area contributed by atoms with Gasteiger partial charge in [-0.3, -0.25) is 14.9 Å². The molecule has 0 spiro atoms. The summed E-state index contributed by atoms with van der Waals surface area (Å²) in [5.74, 6) is 0.622. The number of nitrogens with zero attached hydrogens (tertiary/aromatic N) is 3. The molecular weight excluding hydrogens is 440 g/mol. The second-order valence-electron chi connectivity index (χ2n) is 7.17. The van der Waals surface area contributed by atoms with Crippen molar-refractivity contribution in [3.63, 3.8) is 0 Å². The number of methoxy groups -OCH3 is 1. The van der Waals surface area contributed by atoms with Crippen LogP contribution in [0, 0.1) is 17.0 Å². The number of nitro groups is 1. The predicted octanol–water partition coefficient (Wildman–Crippen LogP) is 5.25. The molecule has 0 atom stereocenters. The van der Waals surface area contributed by atoms with Gasteiger partial charge in [-0.25, -0.2) is 9.97 Å². The fourth-order valence-electron chi connectivity index (χ4n) is 3.31. The van der Waals surface area contributed by atoms with Crippen LogP contribution in [0.15, 0.2) is 71.8 Å². The molecule has 4 aromatic rings. The van der Waals surface area contributed by atoms with Crippen molar-refractivity contribution in [1.29, 1.82) is 0 Å². The second-order valence-corrected chi connectivity index (χ2v) is 8.13. The zero-order valence-electron chi connectivity index (χ0n) is 17.9. The van der Waals surface area contributed by atoms with Gasteiger partial charge in [-0.2, -0.15) is 0 Å². The Morgan fingerprint density at radius 2 is 1.88 bits per heavy atom. The van der Waals surface area contributed by atoms with Crippen LogP contribution in [-0.4, -0.2) is 33.7 Å². The third kappa shape index (κ3) is 4.93. The number of anilines is 1. The molecule has 33 heavy (non-hydrogen) atoms. The van der Waals surface area contributed by atoms with Crippen molar-refractivity contribution in [3.8, 4) is 17.1 Å². The van der Waals surface area contributed by atoms with Crippen molar-refractivity contribution in [1.82, 2.24) is 9.97 Å². The van der Waals surface area contributed by atoms with E-state index in [-0.39, 0.29) is 23.1 Å². The number of benzene rings is 3. The summed E-state index contributed by atoms with van der Waals surface area (Å²) in [6.45, 7) is 1.99. The van der Waals surface area contributed by atoms with E-state index in [2.05, 4.69) is 5.32 Å². The Labute approximate surface area is 194 Å². The standard InChI is InChI=1S/C24H20N4O4S/c1-15-7-6-10-18-22(15)26-23(16-8-4-3-5-9-16)27-24(18)33-14-21(29)25-19-12-11-17(28(30)31)13-20(19)32-2/h3-13H,14H2,1-2H3,(H,25,29). The van der Waals surface area contributed by atoms with Crippen LogP contribution in [0.3, 0.4) is 0 Å². The van der Waals surface area contributed by atoms with Crippen LogP contribution in [0.4, 0.5) is 11.4 Å². The number of nitrogens with one attached hydrogen (secondary N) is 1. The van der Waals surface area contributed by atoms with Gasteiger partial charge in [0.25, 0.3) is 5.69 Å². The molecule has 0 aliphatic carbocycles. The number of aromatic nitrogens is 2. The summed E-state index contributed by atoms with van der Waals surface area (Å²) in [6, 6.07) is 19.6. The van der Waals surface area contributed by atoms with Gasteiger partial charge in [-0.15, -0.1) is 0 Å². The topological polar surface area (TPSA) is 107 Å². The highest BCUT2D eigenvalue weighted by atomic mass is 32.2. The number of hydrogen-bond donors (Lipinski definition) is 1. The fraction of sp³-hybridized carbons (Fsp3) is 0.125. The smallest absolute Gasteiger partial charge is 0.273 e. The lowest BCUT2D eigenvalue weighted by Crippen LogP contribution is -2.15. The number of aryl methyl sites for hydroxylation is 1. The van der Waals surface area contributed by atoms with E-state index in [1.807, 2.05) is 55.5 Å². The molecule has 3 aromatic carbocycles. The SMILES string of the molecule is COc1cc([N+](=O)[O-])ccc1NC(=O)CSc1nc(-c2ccccc2)nc2c(C)cccc12. The Morgan fingerprint density at radius 3 is 2.61 bits per heavy atom. The normalized spacial score (nSPS) is 10.7. The van der Waals surface area contributed by atoms with Gasteiger partial charge in [-0.05, 0) is 18.6 Å². The molecule has 0 bridgehead atoms. The molecule has 0 unspecified atom stereocenters. The molecule has 0 aliphatic rings. The van der Waals surface area contributed by atoms with Crippen LogP contribution in [0.25, 0.3) is 22.3 Å². The molecule has 0 fully saturated rings. The molecule has 8 nitrogen and oxygen atoms in total. The van der Waals surface area contributed by atoms with E-state index in [0.29, 0.717) is 16.5 Å². The van der Waals surface area contributed by atoms with E-state index in [1.54, 1.807) is 0 Å². The Balaban J connectivity index is 1.59. The van der Waals surface area contributed by atoms with E-state index in [9.17, 15) is 14.9 Å². The van der Waals surface area contributed by atoms with Crippen molar-refractivity contribution in [2.75, 3.05) is 18.2 Å².